The van der Waals surface area contributed by atoms with E-state index in [4.69, 9.17) is 18.3 Å². The van der Waals surface area contributed by atoms with Crippen LogP contribution in [0.25, 0.3) is 0 Å². The molecule has 0 spiro atoms. The molecule has 188 valence electrons. The molecule has 0 amide bonds. The number of rotatable bonds is 26. The lowest BCUT2D eigenvalue weighted by atomic mass is 10.1. The van der Waals surface area contributed by atoms with Crippen LogP contribution in [0, 0.1) is 0 Å². The van der Waals surface area contributed by atoms with Gasteiger partial charge in [-0.3, -0.25) is 0 Å². The molecule has 0 aliphatic carbocycles. The second kappa shape index (κ2) is 24.7. The van der Waals surface area contributed by atoms with Crippen molar-refractivity contribution in [2.45, 2.75) is 129 Å². The predicted octanol–water partition coefficient (Wildman–Crippen LogP) is 8.04. The highest BCUT2D eigenvalue weighted by Gasteiger charge is 2.36. The van der Waals surface area contributed by atoms with Crippen molar-refractivity contribution in [3.8, 4) is 0 Å². The van der Waals surface area contributed by atoms with E-state index in [-0.39, 0.29) is 0 Å². The first kappa shape index (κ1) is 31.1. The number of unbranched alkanes of at least 4 members (excludes halogenated alkanes) is 14. The van der Waals surface area contributed by atoms with Gasteiger partial charge in [-0.1, -0.05) is 117 Å². The zero-order chi connectivity index (χ0) is 22.9. The van der Waals surface area contributed by atoms with Gasteiger partial charge in [0.2, 0.25) is 0 Å². The Balaban J connectivity index is 4.44. The van der Waals surface area contributed by atoms with Gasteiger partial charge in [-0.2, -0.15) is 0 Å². The third-order valence-electron chi connectivity index (χ3n) is 6.13. The molecule has 31 heavy (non-hydrogen) atoms. The van der Waals surface area contributed by atoms with E-state index in [1.165, 1.54) is 103 Å². The second-order valence-corrected chi connectivity index (χ2v) is 12.4. The number of methoxy groups -OCH3 is 2. The molecule has 0 heterocycles. The van der Waals surface area contributed by atoms with E-state index in [9.17, 15) is 0 Å². The summed E-state index contributed by atoms with van der Waals surface area (Å²) in [7, 11) is 1.30. The van der Waals surface area contributed by atoms with Crippen molar-refractivity contribution in [3.05, 3.63) is 0 Å². The van der Waals surface area contributed by atoms with Gasteiger partial charge in [-0.05, 0) is 12.1 Å². The molecular formula is C26H56O4Si. The maximum Gasteiger partial charge on any atom is 0.338 e. The Morgan fingerprint density at radius 3 is 1.06 bits per heavy atom. The Morgan fingerprint density at radius 2 is 0.742 bits per heavy atom. The summed E-state index contributed by atoms with van der Waals surface area (Å²) in [5.41, 5.74) is 0. The molecule has 0 fully saturated rings. The summed E-state index contributed by atoms with van der Waals surface area (Å²) in [6.45, 7) is 7.18. The molecule has 0 bridgehead atoms. The average molecular weight is 461 g/mol. The normalized spacial score (nSPS) is 12.0. The van der Waals surface area contributed by atoms with E-state index in [0.29, 0.717) is 26.4 Å². The van der Waals surface area contributed by atoms with Crippen LogP contribution in [-0.4, -0.2) is 49.2 Å². The van der Waals surface area contributed by atoms with Crippen LogP contribution in [0.4, 0.5) is 0 Å². The molecule has 0 radical (unpaired) electrons. The highest BCUT2D eigenvalue weighted by Crippen LogP contribution is 2.26. The SMILES string of the molecule is CCCCCCCCCC[Si](CCCCCCCCCC)(OCCOC)OCCOC. The molecule has 0 saturated heterocycles. The van der Waals surface area contributed by atoms with Gasteiger partial charge < -0.3 is 18.3 Å². The van der Waals surface area contributed by atoms with Crippen LogP contribution in [0.5, 0.6) is 0 Å². The first-order valence-electron chi connectivity index (χ1n) is 13.5. The summed E-state index contributed by atoms with van der Waals surface area (Å²) in [6, 6.07) is 2.23. The lowest BCUT2D eigenvalue weighted by Gasteiger charge is -2.31. The molecule has 0 N–H and O–H groups in total. The standard InChI is InChI=1S/C26H56O4Si/c1-5-7-9-11-13-15-17-19-25-31(29-23-21-27-3,30-24-22-28-4)26-20-18-16-14-12-10-8-6-2/h5-26H2,1-4H3. The molecule has 0 aliphatic rings. The van der Waals surface area contributed by atoms with Crippen LogP contribution in [-0.2, 0) is 18.3 Å². The molecule has 0 rings (SSSR count). The van der Waals surface area contributed by atoms with Gasteiger partial charge in [0.15, 0.2) is 0 Å². The Morgan fingerprint density at radius 1 is 0.419 bits per heavy atom. The zero-order valence-corrected chi connectivity index (χ0v) is 22.7. The number of hydrogen-bond acceptors (Lipinski definition) is 4. The Kier molecular flexibility index (Phi) is 24.7. The van der Waals surface area contributed by atoms with Gasteiger partial charge in [-0.25, -0.2) is 0 Å². The highest BCUT2D eigenvalue weighted by molar-refractivity contribution is 6.67. The highest BCUT2D eigenvalue weighted by atomic mass is 28.4. The fraction of sp³-hybridized carbons (Fsp3) is 1.00. The summed E-state index contributed by atoms with van der Waals surface area (Å²) in [5.74, 6) is 0. The number of hydrogen-bond donors (Lipinski definition) is 0. The van der Waals surface area contributed by atoms with E-state index in [2.05, 4.69) is 13.8 Å². The van der Waals surface area contributed by atoms with E-state index >= 15 is 0 Å². The first-order valence-corrected chi connectivity index (χ1v) is 15.7. The second-order valence-electron chi connectivity index (χ2n) is 9.04. The van der Waals surface area contributed by atoms with Crippen LogP contribution in [0.2, 0.25) is 12.1 Å². The lowest BCUT2D eigenvalue weighted by Crippen LogP contribution is -2.43. The fourth-order valence-corrected chi connectivity index (χ4v) is 7.53. The van der Waals surface area contributed by atoms with E-state index in [1.54, 1.807) is 14.2 Å². The predicted molar refractivity (Wildman–Crippen MR) is 136 cm³/mol. The Hall–Kier alpha value is 0.0569. The van der Waals surface area contributed by atoms with Crippen molar-refractivity contribution < 1.29 is 18.3 Å². The molecular weight excluding hydrogens is 404 g/mol. The van der Waals surface area contributed by atoms with Crippen molar-refractivity contribution in [3.63, 3.8) is 0 Å². The van der Waals surface area contributed by atoms with Gasteiger partial charge in [0.1, 0.15) is 0 Å². The van der Waals surface area contributed by atoms with E-state index < -0.39 is 8.56 Å². The fourth-order valence-electron chi connectivity index (χ4n) is 4.13. The molecule has 0 aromatic carbocycles. The Labute approximate surface area is 196 Å². The molecule has 0 aromatic rings. The molecule has 5 heteroatoms. The van der Waals surface area contributed by atoms with Crippen LogP contribution < -0.4 is 0 Å². The topological polar surface area (TPSA) is 36.9 Å². The first-order chi connectivity index (χ1) is 15.2. The smallest absolute Gasteiger partial charge is 0.338 e. The summed E-state index contributed by atoms with van der Waals surface area (Å²) >= 11 is 0. The minimum atomic E-state index is -2.19. The van der Waals surface area contributed by atoms with Crippen molar-refractivity contribution in [1.82, 2.24) is 0 Å². The molecule has 0 atom stereocenters. The van der Waals surface area contributed by atoms with Crippen LogP contribution in [0.15, 0.2) is 0 Å². The van der Waals surface area contributed by atoms with Crippen molar-refractivity contribution >= 4 is 8.56 Å². The molecule has 0 unspecified atom stereocenters. The van der Waals surface area contributed by atoms with Gasteiger partial charge in [0.25, 0.3) is 0 Å². The Bertz CT molecular complexity index is 309. The summed E-state index contributed by atoms with van der Waals surface area (Å²) in [5, 5.41) is 0. The molecule has 0 aromatic heterocycles. The van der Waals surface area contributed by atoms with E-state index in [1.807, 2.05) is 0 Å². The maximum absolute atomic E-state index is 6.47. The van der Waals surface area contributed by atoms with Crippen LogP contribution >= 0.6 is 0 Å². The maximum atomic E-state index is 6.47. The monoisotopic (exact) mass is 460 g/mol. The lowest BCUT2D eigenvalue weighted by molar-refractivity contribution is 0.0849. The third-order valence-corrected chi connectivity index (χ3v) is 9.82. The minimum Gasteiger partial charge on any atom is -0.392 e. The summed E-state index contributed by atoms with van der Waals surface area (Å²) < 4.78 is 23.5. The third kappa shape index (κ3) is 20.4. The van der Waals surface area contributed by atoms with Crippen LogP contribution in [0.1, 0.15) is 117 Å². The van der Waals surface area contributed by atoms with Gasteiger partial charge in [-0.15, -0.1) is 0 Å². The quantitative estimate of drug-likeness (QED) is 0.0966. The summed E-state index contributed by atoms with van der Waals surface area (Å²) in [6.07, 6.45) is 21.5. The number of ether oxygens (including phenoxy) is 2. The summed E-state index contributed by atoms with van der Waals surface area (Å²) in [4.78, 5) is 0. The van der Waals surface area contributed by atoms with Crippen molar-refractivity contribution in [2.24, 2.45) is 0 Å². The molecule has 0 aliphatic heterocycles. The largest absolute Gasteiger partial charge is 0.392 e. The van der Waals surface area contributed by atoms with E-state index in [0.717, 1.165) is 12.1 Å². The minimum absolute atomic E-state index is 0.650. The molecule has 0 saturated carbocycles. The van der Waals surface area contributed by atoms with Gasteiger partial charge >= 0.3 is 8.56 Å². The average Bonchev–Trinajstić information content (AvgIpc) is 2.77. The molecule has 4 nitrogen and oxygen atoms in total. The van der Waals surface area contributed by atoms with Crippen molar-refractivity contribution in [2.75, 3.05) is 40.6 Å². The zero-order valence-electron chi connectivity index (χ0n) is 21.7. The van der Waals surface area contributed by atoms with Crippen LogP contribution in [0.3, 0.4) is 0 Å². The van der Waals surface area contributed by atoms with Crippen molar-refractivity contribution in [1.29, 1.82) is 0 Å². The van der Waals surface area contributed by atoms with Gasteiger partial charge in [0, 0.05) is 14.2 Å². The van der Waals surface area contributed by atoms with Gasteiger partial charge in [0.05, 0.1) is 26.4 Å².